The van der Waals surface area contributed by atoms with Gasteiger partial charge in [0.15, 0.2) is 0 Å². The van der Waals surface area contributed by atoms with Crippen molar-refractivity contribution in [3.63, 3.8) is 0 Å². The minimum Gasteiger partial charge on any atom is -0.368 e. The molecule has 58 valence electrons. The summed E-state index contributed by atoms with van der Waals surface area (Å²) in [5, 5.41) is 6.47. The summed E-state index contributed by atoms with van der Waals surface area (Å²) in [4.78, 5) is 0. The van der Waals surface area contributed by atoms with Crippen LogP contribution in [0.3, 0.4) is 0 Å². The predicted molar refractivity (Wildman–Crippen MR) is 47.1 cm³/mol. The molecule has 2 unspecified atom stereocenters. The van der Waals surface area contributed by atoms with Crippen LogP contribution in [0.5, 0.6) is 0 Å². The molecule has 2 nitrogen and oxygen atoms in total. The van der Waals surface area contributed by atoms with Crippen molar-refractivity contribution in [3.8, 4) is 0 Å². The van der Waals surface area contributed by atoms with Crippen molar-refractivity contribution in [2.45, 2.75) is 25.4 Å². The lowest BCUT2D eigenvalue weighted by Crippen LogP contribution is -2.34. The molecule has 10 heavy (non-hydrogen) atoms. The smallest absolute Gasteiger partial charge is 0.0918 e. The Bertz CT molecular complexity index is 122. The first-order valence-corrected chi connectivity index (χ1v) is 4.24. The van der Waals surface area contributed by atoms with E-state index in [-0.39, 0.29) is 0 Å². The van der Waals surface area contributed by atoms with Crippen molar-refractivity contribution in [2.75, 3.05) is 5.75 Å². The van der Waals surface area contributed by atoms with Crippen LogP contribution in [-0.2, 0) is 0 Å². The topological polar surface area (TPSA) is 24.1 Å². The third-order valence-corrected chi connectivity index (χ3v) is 2.23. The highest BCUT2D eigenvalue weighted by Gasteiger charge is 2.24. The average Bonchev–Trinajstić information content (AvgIpc) is 2.30. The Morgan fingerprint density at radius 1 is 1.50 bits per heavy atom. The quantitative estimate of drug-likeness (QED) is 0.516. The van der Waals surface area contributed by atoms with Crippen LogP contribution in [0.2, 0.25) is 0 Å². The summed E-state index contributed by atoms with van der Waals surface area (Å²) in [5.74, 6) is 1.80. The average molecular weight is 158 g/mol. The van der Waals surface area contributed by atoms with Crippen LogP contribution in [0.1, 0.15) is 13.3 Å². The predicted octanol–water partition coefficient (Wildman–Crippen LogP) is 0.727. The summed E-state index contributed by atoms with van der Waals surface area (Å²) in [6.45, 7) is 5.96. The zero-order chi connectivity index (χ0) is 7.56. The second-order valence-corrected chi connectivity index (χ2v) is 2.94. The molecule has 0 aromatic heterocycles. The molecule has 2 N–H and O–H groups in total. The van der Waals surface area contributed by atoms with Gasteiger partial charge in [0.05, 0.1) is 11.9 Å². The Morgan fingerprint density at radius 3 is 2.50 bits per heavy atom. The van der Waals surface area contributed by atoms with E-state index in [4.69, 9.17) is 0 Å². The van der Waals surface area contributed by atoms with Crippen LogP contribution in [0.15, 0.2) is 12.4 Å². The Hall–Kier alpha value is -0.310. The molecule has 2 atom stereocenters. The molecular formula is C7H14N2S. The summed E-state index contributed by atoms with van der Waals surface area (Å²) < 4.78 is 0. The molecule has 1 heterocycles. The normalized spacial score (nSPS) is 31.6. The van der Waals surface area contributed by atoms with E-state index in [2.05, 4.69) is 36.8 Å². The fourth-order valence-corrected chi connectivity index (χ4v) is 1.60. The maximum absolute atomic E-state index is 4.23. The molecular weight excluding hydrogens is 144 g/mol. The third kappa shape index (κ3) is 1.40. The molecule has 1 fully saturated rings. The highest BCUT2D eigenvalue weighted by molar-refractivity contribution is 7.80. The van der Waals surface area contributed by atoms with Crippen LogP contribution in [-0.4, -0.2) is 17.8 Å². The van der Waals surface area contributed by atoms with Gasteiger partial charge in [0.25, 0.3) is 0 Å². The summed E-state index contributed by atoms with van der Waals surface area (Å²) >= 11 is 4.23. The van der Waals surface area contributed by atoms with Gasteiger partial charge in [-0.15, -0.1) is 0 Å². The van der Waals surface area contributed by atoms with Crippen LogP contribution >= 0.6 is 12.6 Å². The van der Waals surface area contributed by atoms with E-state index in [9.17, 15) is 0 Å². The number of nitrogens with one attached hydrogen (secondary N) is 2. The van der Waals surface area contributed by atoms with Gasteiger partial charge < -0.3 is 10.6 Å². The molecule has 0 radical (unpaired) electrons. The molecule has 0 aliphatic carbocycles. The van der Waals surface area contributed by atoms with Crippen LogP contribution in [0.25, 0.3) is 0 Å². The van der Waals surface area contributed by atoms with Crippen molar-refractivity contribution in [3.05, 3.63) is 12.4 Å². The number of thiol groups is 1. The lowest BCUT2D eigenvalue weighted by molar-refractivity contribution is 0.534. The first kappa shape index (κ1) is 7.79. The van der Waals surface area contributed by atoms with Gasteiger partial charge in [-0.05, 0) is 6.42 Å². The highest BCUT2D eigenvalue weighted by atomic mass is 32.1. The van der Waals surface area contributed by atoms with Crippen molar-refractivity contribution in [1.29, 1.82) is 0 Å². The van der Waals surface area contributed by atoms with Gasteiger partial charge >= 0.3 is 0 Å². The molecule has 3 heteroatoms. The van der Waals surface area contributed by atoms with Gasteiger partial charge in [-0.25, -0.2) is 0 Å². The molecule has 0 saturated carbocycles. The molecule has 1 rings (SSSR count). The van der Waals surface area contributed by atoms with E-state index in [1.165, 1.54) is 0 Å². The Balaban J connectivity index is 2.48. The van der Waals surface area contributed by atoms with E-state index in [0.29, 0.717) is 12.1 Å². The fraction of sp³-hybridized carbons (Fsp3) is 0.714. The van der Waals surface area contributed by atoms with Crippen molar-refractivity contribution in [2.24, 2.45) is 0 Å². The first-order valence-electron chi connectivity index (χ1n) is 3.60. The SMILES string of the molecule is C=C1NC(CC)C(CS)N1. The lowest BCUT2D eigenvalue weighted by Gasteiger charge is -2.13. The van der Waals surface area contributed by atoms with E-state index in [1.54, 1.807) is 0 Å². The first-order chi connectivity index (χ1) is 4.77. The van der Waals surface area contributed by atoms with Crippen LogP contribution < -0.4 is 10.6 Å². The Morgan fingerprint density at radius 2 is 2.10 bits per heavy atom. The molecule has 0 spiro atoms. The van der Waals surface area contributed by atoms with Crippen molar-refractivity contribution in [1.82, 2.24) is 10.6 Å². The molecule has 0 aromatic carbocycles. The van der Waals surface area contributed by atoms with Gasteiger partial charge in [0.2, 0.25) is 0 Å². The number of hydrogen-bond acceptors (Lipinski definition) is 3. The molecule has 1 aliphatic heterocycles. The number of hydrogen-bond donors (Lipinski definition) is 3. The molecule has 1 aliphatic rings. The van der Waals surface area contributed by atoms with E-state index >= 15 is 0 Å². The molecule has 0 amide bonds. The van der Waals surface area contributed by atoms with Gasteiger partial charge in [-0.3, -0.25) is 0 Å². The fourth-order valence-electron chi connectivity index (χ4n) is 1.25. The van der Waals surface area contributed by atoms with Crippen molar-refractivity contribution >= 4 is 12.6 Å². The zero-order valence-electron chi connectivity index (χ0n) is 6.22. The van der Waals surface area contributed by atoms with Gasteiger partial charge in [0.1, 0.15) is 0 Å². The molecule has 0 aromatic rings. The van der Waals surface area contributed by atoms with E-state index in [0.717, 1.165) is 18.0 Å². The largest absolute Gasteiger partial charge is 0.368 e. The maximum Gasteiger partial charge on any atom is 0.0918 e. The third-order valence-electron chi connectivity index (χ3n) is 1.84. The summed E-state index contributed by atoms with van der Waals surface area (Å²) in [6.07, 6.45) is 1.12. The Labute approximate surface area is 67.5 Å². The van der Waals surface area contributed by atoms with E-state index < -0.39 is 0 Å². The zero-order valence-corrected chi connectivity index (χ0v) is 7.12. The summed E-state index contributed by atoms with van der Waals surface area (Å²) in [6, 6.07) is 0.978. The van der Waals surface area contributed by atoms with Gasteiger partial charge in [-0.1, -0.05) is 13.5 Å². The second-order valence-electron chi connectivity index (χ2n) is 2.57. The minimum absolute atomic E-state index is 0.459. The molecule has 1 saturated heterocycles. The monoisotopic (exact) mass is 158 g/mol. The lowest BCUT2D eigenvalue weighted by atomic mass is 10.1. The highest BCUT2D eigenvalue weighted by Crippen LogP contribution is 2.09. The standard InChI is InChI=1S/C7H14N2S/c1-3-6-7(4-10)9-5(2)8-6/h6-10H,2-4H2,1H3. The maximum atomic E-state index is 4.23. The molecule has 0 bridgehead atoms. The summed E-state index contributed by atoms with van der Waals surface area (Å²) in [5.41, 5.74) is 0. The Kier molecular flexibility index (Phi) is 2.49. The second kappa shape index (κ2) is 3.19. The van der Waals surface area contributed by atoms with Crippen molar-refractivity contribution < 1.29 is 0 Å². The summed E-state index contributed by atoms with van der Waals surface area (Å²) in [7, 11) is 0. The minimum atomic E-state index is 0.459. The van der Waals surface area contributed by atoms with Gasteiger partial charge in [-0.2, -0.15) is 12.6 Å². The number of rotatable bonds is 2. The van der Waals surface area contributed by atoms with Crippen LogP contribution in [0, 0.1) is 0 Å². The van der Waals surface area contributed by atoms with Gasteiger partial charge in [0, 0.05) is 11.8 Å². The van der Waals surface area contributed by atoms with Crippen LogP contribution in [0.4, 0.5) is 0 Å². The van der Waals surface area contributed by atoms with E-state index in [1.807, 2.05) is 0 Å².